The van der Waals surface area contributed by atoms with Crippen molar-refractivity contribution in [1.29, 1.82) is 0 Å². The number of nitrogens with zero attached hydrogens (tertiary/aromatic N) is 1. The number of ether oxygens (including phenoxy) is 1. The molecule has 0 aliphatic carbocycles. The molecule has 0 spiro atoms. The molecule has 0 radical (unpaired) electrons. The molecule has 3 N–H and O–H groups in total. The summed E-state index contributed by atoms with van der Waals surface area (Å²) in [6, 6.07) is 9.68. The van der Waals surface area contributed by atoms with Crippen molar-refractivity contribution in [3.63, 3.8) is 0 Å². The Labute approximate surface area is 83.8 Å². The first-order valence-corrected chi connectivity index (χ1v) is 4.44. The number of methoxy groups -OCH3 is 1. The molecule has 0 saturated heterocycles. The van der Waals surface area contributed by atoms with E-state index in [2.05, 4.69) is 10.3 Å². The van der Waals surface area contributed by atoms with Gasteiger partial charge in [0.2, 0.25) is 0 Å². The first-order chi connectivity index (χ1) is 6.83. The number of nitrogens with one attached hydrogen (secondary N) is 1. The standard InChI is InChI=1S/C10H15N3O/c1-14-8-7-12-10(11)13-9-5-3-2-4-6-9/h2-6H,7-8H2,1H3,(H3,11,12,13). The normalized spacial score (nSPS) is 11.4. The van der Waals surface area contributed by atoms with Gasteiger partial charge in [-0.1, -0.05) is 18.2 Å². The van der Waals surface area contributed by atoms with Crippen molar-refractivity contribution < 1.29 is 4.74 Å². The summed E-state index contributed by atoms with van der Waals surface area (Å²) in [6.07, 6.45) is 0. The number of guanidine groups is 1. The highest BCUT2D eigenvalue weighted by molar-refractivity contribution is 5.92. The molecule has 4 heteroatoms. The van der Waals surface area contributed by atoms with Gasteiger partial charge < -0.3 is 15.8 Å². The predicted octanol–water partition coefficient (Wildman–Crippen LogP) is 1.06. The van der Waals surface area contributed by atoms with Gasteiger partial charge in [-0.2, -0.15) is 0 Å². The molecule has 14 heavy (non-hydrogen) atoms. The van der Waals surface area contributed by atoms with Crippen molar-refractivity contribution in [3.8, 4) is 0 Å². The summed E-state index contributed by atoms with van der Waals surface area (Å²) in [6.45, 7) is 1.15. The van der Waals surface area contributed by atoms with Crippen molar-refractivity contribution >= 4 is 11.6 Å². The predicted molar refractivity (Wildman–Crippen MR) is 58.4 cm³/mol. The highest BCUT2D eigenvalue weighted by Gasteiger charge is 1.92. The lowest BCUT2D eigenvalue weighted by atomic mass is 10.3. The molecule has 76 valence electrons. The number of aliphatic imine (C=N–C) groups is 1. The van der Waals surface area contributed by atoms with Crippen LogP contribution < -0.4 is 11.1 Å². The monoisotopic (exact) mass is 193 g/mol. The van der Waals surface area contributed by atoms with Gasteiger partial charge in [0.05, 0.1) is 13.2 Å². The summed E-state index contributed by atoms with van der Waals surface area (Å²) >= 11 is 0. The summed E-state index contributed by atoms with van der Waals surface area (Å²) in [5.41, 5.74) is 6.57. The summed E-state index contributed by atoms with van der Waals surface area (Å²) in [4.78, 5) is 4.07. The molecule has 0 fully saturated rings. The van der Waals surface area contributed by atoms with Gasteiger partial charge in [-0.05, 0) is 12.1 Å². The highest BCUT2D eigenvalue weighted by atomic mass is 16.5. The van der Waals surface area contributed by atoms with Crippen molar-refractivity contribution in [3.05, 3.63) is 30.3 Å². The van der Waals surface area contributed by atoms with Crippen molar-refractivity contribution in [2.75, 3.05) is 25.6 Å². The van der Waals surface area contributed by atoms with Crippen molar-refractivity contribution in [1.82, 2.24) is 0 Å². The second-order valence-electron chi connectivity index (χ2n) is 2.75. The zero-order valence-corrected chi connectivity index (χ0v) is 8.23. The van der Waals surface area contributed by atoms with Gasteiger partial charge in [-0.15, -0.1) is 0 Å². The van der Waals surface area contributed by atoms with Crippen LogP contribution in [0.25, 0.3) is 0 Å². The van der Waals surface area contributed by atoms with Gasteiger partial charge >= 0.3 is 0 Å². The lowest BCUT2D eigenvalue weighted by Gasteiger charge is -2.04. The fourth-order valence-corrected chi connectivity index (χ4v) is 0.966. The Morgan fingerprint density at radius 1 is 1.43 bits per heavy atom. The molecule has 0 heterocycles. The average Bonchev–Trinajstić information content (AvgIpc) is 2.20. The van der Waals surface area contributed by atoms with Gasteiger partial charge in [-0.25, -0.2) is 0 Å². The molecule has 0 atom stereocenters. The summed E-state index contributed by atoms with van der Waals surface area (Å²) in [5, 5.41) is 2.97. The fraction of sp³-hybridized carbons (Fsp3) is 0.300. The van der Waals surface area contributed by atoms with Crippen LogP contribution in [0.2, 0.25) is 0 Å². The second-order valence-corrected chi connectivity index (χ2v) is 2.75. The molecule has 0 aromatic heterocycles. The molecule has 4 nitrogen and oxygen atoms in total. The number of para-hydroxylation sites is 1. The van der Waals surface area contributed by atoms with E-state index in [9.17, 15) is 0 Å². The maximum absolute atomic E-state index is 5.63. The lowest BCUT2D eigenvalue weighted by molar-refractivity contribution is 0.208. The highest BCUT2D eigenvalue weighted by Crippen LogP contribution is 2.03. The minimum atomic E-state index is 0.410. The Kier molecular flexibility index (Phi) is 4.50. The van der Waals surface area contributed by atoms with Crippen LogP contribution in [-0.2, 0) is 4.74 Å². The first-order valence-electron chi connectivity index (χ1n) is 4.44. The third kappa shape index (κ3) is 3.91. The van der Waals surface area contributed by atoms with E-state index in [1.54, 1.807) is 7.11 Å². The van der Waals surface area contributed by atoms with Crippen molar-refractivity contribution in [2.24, 2.45) is 10.7 Å². The smallest absolute Gasteiger partial charge is 0.193 e. The maximum Gasteiger partial charge on any atom is 0.193 e. The number of nitrogens with two attached hydrogens (primary N) is 1. The quantitative estimate of drug-likeness (QED) is 0.427. The molecular weight excluding hydrogens is 178 g/mol. The molecule has 0 saturated carbocycles. The van der Waals surface area contributed by atoms with Crippen LogP contribution in [0.3, 0.4) is 0 Å². The van der Waals surface area contributed by atoms with Gasteiger partial charge in [0, 0.05) is 12.8 Å². The molecule has 0 unspecified atom stereocenters. The maximum atomic E-state index is 5.63. The zero-order chi connectivity index (χ0) is 10.2. The van der Waals surface area contributed by atoms with E-state index in [0.29, 0.717) is 19.1 Å². The van der Waals surface area contributed by atoms with E-state index in [1.165, 1.54) is 0 Å². The van der Waals surface area contributed by atoms with Crippen LogP contribution in [0, 0.1) is 0 Å². The fourth-order valence-electron chi connectivity index (χ4n) is 0.966. The van der Waals surface area contributed by atoms with E-state index in [0.717, 1.165) is 5.69 Å². The van der Waals surface area contributed by atoms with Gasteiger partial charge in [0.15, 0.2) is 5.96 Å². The van der Waals surface area contributed by atoms with Gasteiger partial charge in [-0.3, -0.25) is 4.99 Å². The third-order valence-corrected chi connectivity index (χ3v) is 1.62. The Bertz CT molecular complexity index is 285. The van der Waals surface area contributed by atoms with Crippen LogP contribution in [0.5, 0.6) is 0 Å². The average molecular weight is 193 g/mol. The van der Waals surface area contributed by atoms with Gasteiger partial charge in [0.25, 0.3) is 0 Å². The Morgan fingerprint density at radius 2 is 2.14 bits per heavy atom. The molecule has 1 rings (SSSR count). The van der Waals surface area contributed by atoms with Crippen LogP contribution in [0.4, 0.5) is 5.69 Å². The number of benzene rings is 1. The summed E-state index contributed by atoms with van der Waals surface area (Å²) in [5.74, 6) is 0.410. The van der Waals surface area contributed by atoms with Crippen LogP contribution in [0.1, 0.15) is 0 Å². The molecule has 0 aliphatic heterocycles. The molecule has 0 amide bonds. The van der Waals surface area contributed by atoms with E-state index in [4.69, 9.17) is 10.5 Å². The topological polar surface area (TPSA) is 59.6 Å². The van der Waals surface area contributed by atoms with Crippen molar-refractivity contribution in [2.45, 2.75) is 0 Å². The molecular formula is C10H15N3O. The van der Waals surface area contributed by atoms with E-state index in [-0.39, 0.29) is 0 Å². The number of anilines is 1. The Morgan fingerprint density at radius 3 is 2.79 bits per heavy atom. The first kappa shape index (κ1) is 10.5. The van der Waals surface area contributed by atoms with Crippen LogP contribution >= 0.6 is 0 Å². The van der Waals surface area contributed by atoms with E-state index < -0.39 is 0 Å². The second kappa shape index (κ2) is 5.99. The van der Waals surface area contributed by atoms with Crippen LogP contribution in [0.15, 0.2) is 35.3 Å². The molecule has 0 aliphatic rings. The van der Waals surface area contributed by atoms with E-state index >= 15 is 0 Å². The van der Waals surface area contributed by atoms with E-state index in [1.807, 2.05) is 30.3 Å². The molecule has 1 aromatic rings. The number of rotatable bonds is 4. The third-order valence-electron chi connectivity index (χ3n) is 1.62. The van der Waals surface area contributed by atoms with Crippen LogP contribution in [-0.4, -0.2) is 26.2 Å². The Hall–Kier alpha value is -1.55. The number of hydrogen-bond donors (Lipinski definition) is 2. The molecule has 0 bridgehead atoms. The lowest BCUT2D eigenvalue weighted by Crippen LogP contribution is -2.23. The minimum absolute atomic E-state index is 0.410. The van der Waals surface area contributed by atoms with Gasteiger partial charge in [0.1, 0.15) is 0 Å². The summed E-state index contributed by atoms with van der Waals surface area (Å²) < 4.78 is 4.85. The SMILES string of the molecule is COCCN=C(N)Nc1ccccc1. The minimum Gasteiger partial charge on any atom is -0.383 e. The summed E-state index contributed by atoms with van der Waals surface area (Å²) in [7, 11) is 1.64. The number of hydrogen-bond acceptors (Lipinski definition) is 2. The zero-order valence-electron chi connectivity index (χ0n) is 8.23. The Balaban J connectivity index is 2.40. The molecule has 1 aromatic carbocycles. The largest absolute Gasteiger partial charge is 0.383 e.